The highest BCUT2D eigenvalue weighted by atomic mass is 14.6. The zero-order valence-electron chi connectivity index (χ0n) is 21.8. The smallest absolute Gasteiger partial charge is 0.0997 e. The predicted octanol–water partition coefficient (Wildman–Crippen LogP) is 8.00. The normalized spacial score (nSPS) is 13.3. The molecule has 31 heavy (non-hydrogen) atoms. The van der Waals surface area contributed by atoms with Crippen LogP contribution in [0.25, 0.3) is 11.1 Å². The molecule has 0 bridgehead atoms. The Kier molecular flexibility index (Phi) is 6.21. The van der Waals surface area contributed by atoms with Gasteiger partial charge >= 0.3 is 0 Å². The van der Waals surface area contributed by atoms with Gasteiger partial charge in [0.15, 0.2) is 0 Å². The van der Waals surface area contributed by atoms with Gasteiger partial charge in [0, 0.05) is 11.3 Å². The Bertz CT molecular complexity index is 986. The lowest BCUT2D eigenvalue weighted by atomic mass is 9.73. The molecule has 0 aliphatic heterocycles. The molecule has 2 heteroatoms. The quantitative estimate of drug-likeness (QED) is 0.477. The Morgan fingerprint density at radius 3 is 1.35 bits per heavy atom. The highest BCUT2D eigenvalue weighted by Crippen LogP contribution is 2.43. The fourth-order valence-corrected chi connectivity index (χ4v) is 4.05. The molecular weight excluding hydrogens is 376 g/mol. The first-order valence-electron chi connectivity index (χ1n) is 11.3. The van der Waals surface area contributed by atoms with Crippen LogP contribution in [0.2, 0.25) is 0 Å². The van der Waals surface area contributed by atoms with Crippen LogP contribution in [0.15, 0.2) is 24.3 Å². The number of nitrogens with two attached hydrogens (primary N) is 1. The maximum atomic E-state index is 10.1. The maximum Gasteiger partial charge on any atom is 0.0997 e. The Morgan fingerprint density at radius 2 is 1.03 bits per heavy atom. The van der Waals surface area contributed by atoms with E-state index in [2.05, 4.69) is 113 Å². The summed E-state index contributed by atoms with van der Waals surface area (Å²) in [5.41, 5.74) is 14.9. The number of nitriles is 1. The van der Waals surface area contributed by atoms with Crippen LogP contribution in [-0.2, 0) is 21.7 Å². The first-order valence-corrected chi connectivity index (χ1v) is 11.3. The van der Waals surface area contributed by atoms with Gasteiger partial charge in [-0.05, 0) is 67.7 Å². The van der Waals surface area contributed by atoms with E-state index in [-0.39, 0.29) is 21.7 Å². The second-order valence-corrected chi connectivity index (χ2v) is 13.0. The number of hydrogen-bond acceptors (Lipinski definition) is 2. The lowest BCUT2D eigenvalue weighted by Crippen LogP contribution is -2.21. The average Bonchev–Trinajstić information content (AvgIpc) is 2.57. The van der Waals surface area contributed by atoms with E-state index in [0.717, 1.165) is 33.5 Å². The molecule has 2 rings (SSSR count). The van der Waals surface area contributed by atoms with Crippen LogP contribution in [-0.4, -0.2) is 0 Å². The Morgan fingerprint density at radius 1 is 0.613 bits per heavy atom. The van der Waals surface area contributed by atoms with Crippen molar-refractivity contribution in [2.45, 2.75) is 105 Å². The van der Waals surface area contributed by atoms with E-state index < -0.39 is 0 Å². The summed E-state index contributed by atoms with van der Waals surface area (Å²) in [7, 11) is 0. The van der Waals surface area contributed by atoms with Crippen LogP contribution in [0, 0.1) is 11.3 Å². The van der Waals surface area contributed by atoms with Crippen molar-refractivity contribution < 1.29 is 0 Å². The molecule has 0 amide bonds. The molecule has 0 aliphatic rings. The molecule has 0 atom stereocenters. The number of benzene rings is 2. The second-order valence-electron chi connectivity index (χ2n) is 13.0. The Labute approximate surface area is 190 Å². The fourth-order valence-electron chi connectivity index (χ4n) is 4.05. The van der Waals surface area contributed by atoms with Crippen molar-refractivity contribution in [3.8, 4) is 17.2 Å². The van der Waals surface area contributed by atoms with E-state index in [1.54, 1.807) is 0 Å². The van der Waals surface area contributed by atoms with Crippen molar-refractivity contribution in [1.29, 1.82) is 5.26 Å². The highest BCUT2D eigenvalue weighted by molar-refractivity contribution is 5.82. The molecule has 0 radical (unpaired) electrons. The van der Waals surface area contributed by atoms with Crippen LogP contribution in [0.5, 0.6) is 0 Å². The molecule has 0 aromatic heterocycles. The van der Waals surface area contributed by atoms with E-state index in [0.29, 0.717) is 0 Å². The molecule has 0 saturated heterocycles. The van der Waals surface area contributed by atoms with E-state index in [1.165, 1.54) is 11.1 Å². The third-order valence-electron chi connectivity index (χ3n) is 6.03. The third kappa shape index (κ3) is 5.15. The maximum absolute atomic E-state index is 10.1. The van der Waals surface area contributed by atoms with Gasteiger partial charge in [-0.25, -0.2) is 0 Å². The molecule has 0 heterocycles. The molecule has 0 unspecified atom stereocenters. The van der Waals surface area contributed by atoms with Gasteiger partial charge in [-0.2, -0.15) is 5.26 Å². The predicted molar refractivity (Wildman–Crippen MR) is 136 cm³/mol. The number of rotatable bonds is 1. The van der Waals surface area contributed by atoms with Crippen molar-refractivity contribution in [1.82, 2.24) is 0 Å². The third-order valence-corrected chi connectivity index (χ3v) is 6.03. The van der Waals surface area contributed by atoms with Gasteiger partial charge in [-0.3, -0.25) is 0 Å². The molecule has 2 N–H and O–H groups in total. The topological polar surface area (TPSA) is 49.8 Å². The van der Waals surface area contributed by atoms with E-state index in [1.807, 2.05) is 0 Å². The number of hydrogen-bond donors (Lipinski definition) is 1. The lowest BCUT2D eigenvalue weighted by molar-refractivity contribution is 0.565. The first-order chi connectivity index (χ1) is 13.8. The Hall–Kier alpha value is -2.27. The molecule has 2 aromatic rings. The van der Waals surface area contributed by atoms with Gasteiger partial charge in [0.2, 0.25) is 0 Å². The van der Waals surface area contributed by atoms with Gasteiger partial charge in [0.05, 0.1) is 11.6 Å². The lowest BCUT2D eigenvalue weighted by Gasteiger charge is -2.31. The SMILES string of the molecule is CC(C)(C)c1cc(-c2cc(C(C)(C)C)c(C#N)c(C(C)(C)C)c2)c(N)c(C(C)(C)C)c1. The zero-order valence-corrected chi connectivity index (χ0v) is 21.8. The minimum atomic E-state index is -0.148. The second kappa shape index (κ2) is 7.70. The van der Waals surface area contributed by atoms with Crippen LogP contribution in [0.4, 0.5) is 5.69 Å². The van der Waals surface area contributed by atoms with Crippen molar-refractivity contribution >= 4 is 5.69 Å². The summed E-state index contributed by atoms with van der Waals surface area (Å²) in [6.45, 7) is 26.4. The Balaban J connectivity index is 3.05. The van der Waals surface area contributed by atoms with Gasteiger partial charge in [0.1, 0.15) is 0 Å². The zero-order chi connectivity index (χ0) is 24.2. The molecule has 168 valence electrons. The van der Waals surface area contributed by atoms with Crippen molar-refractivity contribution in [3.05, 3.63) is 52.1 Å². The summed E-state index contributed by atoms with van der Waals surface area (Å²) in [5, 5.41) is 10.1. The molecule has 0 aliphatic carbocycles. The summed E-state index contributed by atoms with van der Waals surface area (Å²) in [6.07, 6.45) is 0. The van der Waals surface area contributed by atoms with Gasteiger partial charge < -0.3 is 5.73 Å². The number of nitrogen functional groups attached to an aromatic ring is 1. The fraction of sp³-hybridized carbons (Fsp3) is 0.552. The standard InChI is InChI=1S/C29H42N2/c1-26(2,3)19-15-20(25(31)24(16-19)29(10,11)12)18-13-22(27(4,5)6)21(17-30)23(14-18)28(7,8)9/h13-16H,31H2,1-12H3. The number of nitrogens with zero attached hydrogens (tertiary/aromatic N) is 1. The minimum absolute atomic E-state index is 0.00869. The van der Waals surface area contributed by atoms with E-state index in [9.17, 15) is 5.26 Å². The van der Waals surface area contributed by atoms with E-state index >= 15 is 0 Å². The monoisotopic (exact) mass is 418 g/mol. The van der Waals surface area contributed by atoms with Crippen LogP contribution >= 0.6 is 0 Å². The van der Waals surface area contributed by atoms with E-state index in [4.69, 9.17) is 5.73 Å². The summed E-state index contributed by atoms with van der Waals surface area (Å²) in [6, 6.07) is 11.4. The molecule has 0 fully saturated rings. The number of anilines is 1. The first kappa shape index (κ1) is 25.0. The average molecular weight is 419 g/mol. The molecule has 0 spiro atoms. The molecular formula is C29H42N2. The van der Waals surface area contributed by atoms with Gasteiger partial charge in [0.25, 0.3) is 0 Å². The summed E-state index contributed by atoms with van der Waals surface area (Å²) < 4.78 is 0. The molecule has 0 saturated carbocycles. The van der Waals surface area contributed by atoms with Gasteiger partial charge in [-0.15, -0.1) is 0 Å². The summed E-state index contributed by atoms with van der Waals surface area (Å²) in [5.74, 6) is 0. The summed E-state index contributed by atoms with van der Waals surface area (Å²) >= 11 is 0. The van der Waals surface area contributed by atoms with Crippen LogP contribution in [0.3, 0.4) is 0 Å². The molecule has 2 aromatic carbocycles. The van der Waals surface area contributed by atoms with Crippen LogP contribution < -0.4 is 5.73 Å². The molecule has 2 nitrogen and oxygen atoms in total. The van der Waals surface area contributed by atoms with Crippen molar-refractivity contribution in [2.24, 2.45) is 0 Å². The van der Waals surface area contributed by atoms with Crippen molar-refractivity contribution in [2.75, 3.05) is 5.73 Å². The highest BCUT2D eigenvalue weighted by Gasteiger charge is 2.29. The van der Waals surface area contributed by atoms with Crippen molar-refractivity contribution in [3.63, 3.8) is 0 Å². The summed E-state index contributed by atoms with van der Waals surface area (Å²) in [4.78, 5) is 0. The largest absolute Gasteiger partial charge is 0.398 e. The minimum Gasteiger partial charge on any atom is -0.398 e. The van der Waals surface area contributed by atoms with Gasteiger partial charge in [-0.1, -0.05) is 89.2 Å². The van der Waals surface area contributed by atoms with Crippen LogP contribution in [0.1, 0.15) is 111 Å².